The van der Waals surface area contributed by atoms with Gasteiger partial charge in [0.15, 0.2) is 0 Å². The average molecular weight is 310 g/mol. The van der Waals surface area contributed by atoms with Crippen LogP contribution in [0.1, 0.15) is 20.7 Å². The average Bonchev–Trinajstić information content (AvgIpc) is 2.34. The minimum atomic E-state index is -4.68. The molecule has 1 N–H and O–H groups in total. The molecule has 1 aromatic carbocycles. The molecule has 0 amide bonds. The lowest BCUT2D eigenvalue weighted by molar-refractivity contribution is 0.0720. The van der Waals surface area contributed by atoms with Gasteiger partial charge in [0.25, 0.3) is 10.1 Å². The normalized spacial score (nSPS) is 10.8. The summed E-state index contributed by atoms with van der Waals surface area (Å²) < 4.78 is 39.9. The van der Waals surface area contributed by atoms with Crippen LogP contribution >= 0.6 is 18.9 Å². The Kier molecular flexibility index (Phi) is 4.76. The van der Waals surface area contributed by atoms with Gasteiger partial charge in [-0.1, -0.05) is 6.07 Å². The summed E-state index contributed by atoms with van der Waals surface area (Å²) in [6.07, 6.45) is 0. The summed E-state index contributed by atoms with van der Waals surface area (Å²) >= 11 is 0. The van der Waals surface area contributed by atoms with Gasteiger partial charge in [0, 0.05) is 0 Å². The van der Waals surface area contributed by atoms with Gasteiger partial charge in [-0.2, -0.15) is 8.42 Å². The number of carbonyl (C=O) groups excluding carboxylic acids is 2. The number of carbonyl (C=O) groups is 2. The maximum atomic E-state index is 11.5. The van der Waals surface area contributed by atoms with Gasteiger partial charge in [0.2, 0.25) is 0 Å². The fraction of sp³-hybridized carbons (Fsp3) is 0. The molecule has 1 rings (SSSR count). The van der Waals surface area contributed by atoms with Crippen LogP contribution < -0.4 is 0 Å². The van der Waals surface area contributed by atoms with Crippen molar-refractivity contribution < 1.29 is 31.6 Å². The smallest absolute Gasteiger partial charge is 0.342 e. The molecule has 0 saturated heterocycles. The monoisotopic (exact) mass is 310 g/mol. The van der Waals surface area contributed by atoms with Crippen molar-refractivity contribution in [3.8, 4) is 0 Å². The Morgan fingerprint density at radius 2 is 1.67 bits per heavy atom. The van der Waals surface area contributed by atoms with Crippen LogP contribution in [0.5, 0.6) is 0 Å². The fourth-order valence-corrected chi connectivity index (χ4v) is 2.20. The van der Waals surface area contributed by atoms with Crippen LogP contribution in [0.2, 0.25) is 0 Å². The lowest BCUT2D eigenvalue weighted by atomic mass is 10.1. The second-order valence-corrected chi connectivity index (χ2v) is 4.83. The molecule has 0 heterocycles. The third kappa shape index (κ3) is 3.03. The summed E-state index contributed by atoms with van der Waals surface area (Å²) in [5.41, 5.74) is -0.935. The first-order chi connectivity index (χ1) is 8.32. The molecule has 98 valence electrons. The van der Waals surface area contributed by atoms with E-state index in [9.17, 15) is 18.0 Å². The number of benzene rings is 1. The summed E-state index contributed by atoms with van der Waals surface area (Å²) in [4.78, 5) is 22.2. The predicted molar refractivity (Wildman–Crippen MR) is 66.5 cm³/mol. The molecule has 7 nitrogen and oxygen atoms in total. The second-order valence-electron chi connectivity index (χ2n) is 2.96. The molecule has 1 aromatic rings. The van der Waals surface area contributed by atoms with Crippen molar-refractivity contribution in [1.82, 2.24) is 0 Å². The minimum absolute atomic E-state index is 0.340. The molecule has 0 aliphatic heterocycles. The predicted octanol–water partition coefficient (Wildman–Crippen LogP) is 0.827. The highest BCUT2D eigenvalue weighted by atomic mass is 32.2. The van der Waals surface area contributed by atoms with Gasteiger partial charge in [-0.25, -0.2) is 9.59 Å². The zero-order valence-corrected chi connectivity index (χ0v) is 11.8. The molecule has 2 atom stereocenters. The Morgan fingerprint density at radius 1 is 1.11 bits per heavy atom. The van der Waals surface area contributed by atoms with Crippen LogP contribution in [-0.2, 0) is 19.2 Å². The molecule has 0 bridgehead atoms. The van der Waals surface area contributed by atoms with Crippen LogP contribution in [0.15, 0.2) is 23.1 Å². The van der Waals surface area contributed by atoms with Crippen LogP contribution in [0.25, 0.3) is 0 Å². The second kappa shape index (κ2) is 5.71. The van der Waals surface area contributed by atoms with E-state index in [0.717, 1.165) is 12.1 Å². The van der Waals surface area contributed by atoms with E-state index in [-0.39, 0.29) is 5.56 Å². The van der Waals surface area contributed by atoms with Gasteiger partial charge < -0.3 is 9.05 Å². The first-order valence-corrected chi connectivity index (χ1v) is 6.63. The highest BCUT2D eigenvalue weighted by Gasteiger charge is 2.27. The van der Waals surface area contributed by atoms with E-state index in [1.54, 1.807) is 18.9 Å². The van der Waals surface area contributed by atoms with Crippen molar-refractivity contribution in [2.75, 3.05) is 0 Å². The molecule has 18 heavy (non-hydrogen) atoms. The van der Waals surface area contributed by atoms with Crippen molar-refractivity contribution in [2.24, 2.45) is 0 Å². The molecule has 0 saturated carbocycles. The molecule has 10 heteroatoms. The van der Waals surface area contributed by atoms with Gasteiger partial charge in [0.05, 0.1) is 30.1 Å². The van der Waals surface area contributed by atoms with Crippen LogP contribution in [0.4, 0.5) is 0 Å². The number of hydrogen-bond donors (Lipinski definition) is 1. The van der Waals surface area contributed by atoms with Crippen molar-refractivity contribution in [2.45, 2.75) is 4.90 Å². The Morgan fingerprint density at radius 3 is 2.11 bits per heavy atom. The van der Waals surface area contributed by atoms with Crippen molar-refractivity contribution >= 4 is 41.0 Å². The van der Waals surface area contributed by atoms with Crippen LogP contribution in [0.3, 0.4) is 0 Å². The largest absolute Gasteiger partial charge is 0.448 e. The third-order valence-electron chi connectivity index (χ3n) is 1.94. The Balaban J connectivity index is 3.66. The fourth-order valence-electron chi connectivity index (χ4n) is 1.25. The summed E-state index contributed by atoms with van der Waals surface area (Å²) in [5, 5.41) is 0. The zero-order valence-electron chi connectivity index (χ0n) is 8.69. The minimum Gasteiger partial charge on any atom is -0.448 e. The van der Waals surface area contributed by atoms with Crippen molar-refractivity contribution in [3.05, 3.63) is 29.3 Å². The van der Waals surface area contributed by atoms with Gasteiger partial charge in [-0.15, -0.1) is 0 Å². The topological polar surface area (TPSA) is 107 Å². The van der Waals surface area contributed by atoms with E-state index >= 15 is 0 Å². The van der Waals surface area contributed by atoms with Gasteiger partial charge in [-0.05, 0) is 12.1 Å². The van der Waals surface area contributed by atoms with E-state index in [2.05, 4.69) is 9.05 Å². The Bertz CT molecular complexity index is 595. The molecule has 0 aliphatic rings. The molecule has 0 radical (unpaired) electrons. The quantitative estimate of drug-likeness (QED) is 0.650. The molecule has 0 aromatic heterocycles. The molecular formula is C8H8O7P2S. The molecule has 0 fully saturated rings. The standard InChI is InChI=1S/C8H8O7P2S/c9-7(14-16)4-2-1-3-5(18(11,12)13)6(4)8(10)15-17/h1-3H,16-17H2,(H,11,12,13). The van der Waals surface area contributed by atoms with Gasteiger partial charge in [-0.3, -0.25) is 4.55 Å². The third-order valence-corrected chi connectivity index (χ3v) is 3.27. The summed E-state index contributed by atoms with van der Waals surface area (Å²) in [6, 6.07) is 3.31. The Hall–Kier alpha value is -1.07. The lowest BCUT2D eigenvalue weighted by Gasteiger charge is -2.09. The SMILES string of the molecule is O=C(OP)c1cccc(S(=O)(=O)O)c1C(=O)OP. The first-order valence-electron chi connectivity index (χ1n) is 4.25. The highest BCUT2D eigenvalue weighted by Crippen LogP contribution is 2.23. The number of rotatable bonds is 3. The maximum absolute atomic E-state index is 11.5. The van der Waals surface area contributed by atoms with E-state index in [4.69, 9.17) is 4.55 Å². The lowest BCUT2D eigenvalue weighted by Crippen LogP contribution is -2.15. The van der Waals surface area contributed by atoms with E-state index < -0.39 is 32.5 Å². The molecular weight excluding hydrogens is 302 g/mol. The molecule has 2 unspecified atom stereocenters. The van der Waals surface area contributed by atoms with Gasteiger partial charge in [0.1, 0.15) is 4.90 Å². The van der Waals surface area contributed by atoms with Crippen molar-refractivity contribution in [1.29, 1.82) is 0 Å². The van der Waals surface area contributed by atoms with Gasteiger partial charge >= 0.3 is 11.9 Å². The van der Waals surface area contributed by atoms with E-state index in [0.29, 0.717) is 0 Å². The summed E-state index contributed by atoms with van der Waals surface area (Å²) in [5.74, 6) is -2.07. The molecule has 0 aliphatic carbocycles. The van der Waals surface area contributed by atoms with E-state index in [1.807, 2.05) is 0 Å². The zero-order chi connectivity index (χ0) is 13.9. The highest BCUT2D eigenvalue weighted by molar-refractivity contribution is 7.86. The molecule has 0 spiro atoms. The number of hydrogen-bond acceptors (Lipinski definition) is 6. The van der Waals surface area contributed by atoms with Crippen molar-refractivity contribution in [3.63, 3.8) is 0 Å². The first kappa shape index (κ1) is 15.0. The summed E-state index contributed by atoms with van der Waals surface area (Å²) in [7, 11) is -1.39. The van der Waals surface area contributed by atoms with Crippen LogP contribution in [0, 0.1) is 0 Å². The summed E-state index contributed by atoms with van der Waals surface area (Å²) in [6.45, 7) is 0. The Labute approximate surface area is 107 Å². The maximum Gasteiger partial charge on any atom is 0.342 e. The van der Waals surface area contributed by atoms with E-state index in [1.165, 1.54) is 6.07 Å². The van der Waals surface area contributed by atoms with Crippen LogP contribution in [-0.4, -0.2) is 24.9 Å².